The molecule has 0 heterocycles. The zero-order valence-corrected chi connectivity index (χ0v) is 14.9. The highest BCUT2D eigenvalue weighted by atomic mass is 16.2. The molecule has 1 atom stereocenters. The Morgan fingerprint density at radius 1 is 1.30 bits per heavy atom. The first-order valence-electron chi connectivity index (χ1n) is 7.80. The average Bonchev–Trinajstić information content (AvgIpc) is 2.60. The van der Waals surface area contributed by atoms with Crippen LogP contribution in [0.2, 0.25) is 0 Å². The first-order valence-corrected chi connectivity index (χ1v) is 7.80. The fourth-order valence-corrected chi connectivity index (χ4v) is 2.17. The van der Waals surface area contributed by atoms with Crippen LogP contribution in [0.3, 0.4) is 0 Å². The Morgan fingerprint density at radius 3 is 2.44 bits per heavy atom. The van der Waals surface area contributed by atoms with Crippen LogP contribution in [0, 0.1) is 22.7 Å². The van der Waals surface area contributed by atoms with Gasteiger partial charge < -0.3 is 21.6 Å². The van der Waals surface area contributed by atoms with Gasteiger partial charge in [0, 0.05) is 5.41 Å². The van der Waals surface area contributed by atoms with Crippen molar-refractivity contribution in [3.63, 3.8) is 0 Å². The molecule has 0 aliphatic carbocycles. The number of hydrogen-bond donors (Lipinski definition) is 4. The topological polar surface area (TPSA) is 181 Å². The second-order valence-electron chi connectivity index (χ2n) is 6.33. The van der Waals surface area contributed by atoms with E-state index in [9.17, 15) is 24.4 Å². The Balaban J connectivity index is 3.24. The van der Waals surface area contributed by atoms with Crippen molar-refractivity contribution in [1.82, 2.24) is 5.43 Å². The number of benzene rings is 1. The largest absolute Gasteiger partial charge is 0.366 e. The third-order valence-electron chi connectivity index (χ3n) is 3.50. The van der Waals surface area contributed by atoms with Crippen molar-refractivity contribution in [2.75, 3.05) is 5.32 Å². The number of nitrogens with one attached hydrogen (secondary N) is 2. The van der Waals surface area contributed by atoms with Crippen molar-refractivity contribution in [1.29, 1.82) is 5.26 Å². The van der Waals surface area contributed by atoms with Gasteiger partial charge in [0.1, 0.15) is 12.0 Å². The molecule has 1 aromatic rings. The monoisotopic (exact) mass is 372 g/mol. The highest BCUT2D eigenvalue weighted by Gasteiger charge is 2.31. The number of anilines is 1. The summed E-state index contributed by atoms with van der Waals surface area (Å²) in [6.45, 7) is 3.17. The number of carbonyl (C=O) groups excluding carboxylic acids is 4. The van der Waals surface area contributed by atoms with Crippen LogP contribution in [0.5, 0.6) is 0 Å². The van der Waals surface area contributed by atoms with Gasteiger partial charge in [-0.05, 0) is 18.6 Å². The third-order valence-corrected chi connectivity index (χ3v) is 3.50. The van der Waals surface area contributed by atoms with Gasteiger partial charge in [0.15, 0.2) is 0 Å². The molecule has 0 radical (unpaired) electrons. The van der Waals surface area contributed by atoms with Crippen molar-refractivity contribution >= 4 is 35.5 Å². The number of urea groups is 1. The second kappa shape index (κ2) is 9.10. The number of hydrogen-bond acceptors (Lipinski definition) is 6. The first-order chi connectivity index (χ1) is 12.6. The normalized spacial score (nSPS) is 12.4. The SMILES string of the molecule is CC(C)(C=O)C[C@@H](C#N)/C(=N\NC(N)=O)C(=O)Nc1ccccc1C(N)=O. The smallest absolute Gasteiger partial charge is 0.332 e. The molecule has 0 aliphatic rings. The van der Waals surface area contributed by atoms with Crippen LogP contribution < -0.4 is 22.2 Å². The number of primary amides is 2. The molecule has 10 nitrogen and oxygen atoms in total. The molecule has 0 spiro atoms. The number of aldehydes is 1. The summed E-state index contributed by atoms with van der Waals surface area (Å²) in [7, 11) is 0. The van der Waals surface area contributed by atoms with Gasteiger partial charge in [-0.1, -0.05) is 26.0 Å². The Kier molecular flexibility index (Phi) is 7.18. The number of nitrogens with two attached hydrogens (primary N) is 2. The summed E-state index contributed by atoms with van der Waals surface area (Å²) in [5, 5.41) is 15.5. The highest BCUT2D eigenvalue weighted by Crippen LogP contribution is 2.24. The predicted octanol–water partition coefficient (Wildman–Crippen LogP) is 0.503. The molecular weight excluding hydrogens is 352 g/mol. The zero-order valence-electron chi connectivity index (χ0n) is 14.9. The van der Waals surface area contributed by atoms with E-state index < -0.39 is 29.2 Å². The fourth-order valence-electron chi connectivity index (χ4n) is 2.17. The maximum absolute atomic E-state index is 12.6. The summed E-state index contributed by atoms with van der Waals surface area (Å²) in [6.07, 6.45) is 0.619. The Labute approximate surface area is 155 Å². The van der Waals surface area contributed by atoms with Gasteiger partial charge in [-0.25, -0.2) is 10.2 Å². The Morgan fingerprint density at radius 2 is 1.93 bits per heavy atom. The molecule has 4 amide bonds. The number of amides is 4. The number of hydrazone groups is 1. The quantitative estimate of drug-likeness (QED) is 0.294. The lowest BCUT2D eigenvalue weighted by molar-refractivity contribution is -0.115. The Bertz CT molecular complexity index is 825. The van der Waals surface area contributed by atoms with E-state index in [2.05, 4.69) is 10.4 Å². The van der Waals surface area contributed by atoms with Crippen LogP contribution in [0.25, 0.3) is 0 Å². The molecule has 1 aromatic carbocycles. The highest BCUT2D eigenvalue weighted by molar-refractivity contribution is 6.44. The van der Waals surface area contributed by atoms with Crippen molar-refractivity contribution in [2.24, 2.45) is 27.9 Å². The lowest BCUT2D eigenvalue weighted by Gasteiger charge is -2.21. The van der Waals surface area contributed by atoms with E-state index in [1.165, 1.54) is 12.1 Å². The molecular formula is C17H20N6O4. The average molecular weight is 372 g/mol. The van der Waals surface area contributed by atoms with Gasteiger partial charge >= 0.3 is 6.03 Å². The summed E-state index contributed by atoms with van der Waals surface area (Å²) >= 11 is 0. The molecule has 0 aliphatic heterocycles. The summed E-state index contributed by atoms with van der Waals surface area (Å²) < 4.78 is 0. The number of nitriles is 1. The summed E-state index contributed by atoms with van der Waals surface area (Å²) in [5.41, 5.74) is 11.0. The van der Waals surface area contributed by atoms with Gasteiger partial charge in [0.25, 0.3) is 11.8 Å². The molecule has 0 saturated heterocycles. The summed E-state index contributed by atoms with van der Waals surface area (Å²) in [4.78, 5) is 46.2. The number of carbonyl (C=O) groups is 4. The number of para-hydroxylation sites is 1. The van der Waals surface area contributed by atoms with Crippen LogP contribution in [-0.2, 0) is 9.59 Å². The van der Waals surface area contributed by atoms with E-state index in [4.69, 9.17) is 11.5 Å². The molecule has 0 unspecified atom stereocenters. The first kappa shape index (κ1) is 21.3. The fraction of sp³-hybridized carbons (Fsp3) is 0.294. The van der Waals surface area contributed by atoms with Gasteiger partial charge in [-0.15, -0.1) is 0 Å². The van der Waals surface area contributed by atoms with Gasteiger partial charge in [0.05, 0.1) is 23.2 Å². The van der Waals surface area contributed by atoms with Crippen LogP contribution in [0.1, 0.15) is 30.6 Å². The van der Waals surface area contributed by atoms with E-state index in [1.54, 1.807) is 26.0 Å². The molecule has 1 rings (SSSR count). The Hall–Kier alpha value is -3.74. The minimum absolute atomic E-state index is 0.0306. The lowest BCUT2D eigenvalue weighted by Crippen LogP contribution is -2.36. The van der Waals surface area contributed by atoms with E-state index >= 15 is 0 Å². The molecule has 142 valence electrons. The molecule has 0 bridgehead atoms. The minimum atomic E-state index is -1.13. The van der Waals surface area contributed by atoms with E-state index in [0.29, 0.717) is 6.29 Å². The molecule has 0 fully saturated rings. The van der Waals surface area contributed by atoms with E-state index in [-0.39, 0.29) is 23.4 Å². The van der Waals surface area contributed by atoms with Crippen LogP contribution in [-0.4, -0.2) is 29.8 Å². The van der Waals surface area contributed by atoms with Crippen molar-refractivity contribution in [3.8, 4) is 6.07 Å². The minimum Gasteiger partial charge on any atom is -0.366 e. The van der Waals surface area contributed by atoms with Crippen LogP contribution in [0.4, 0.5) is 10.5 Å². The van der Waals surface area contributed by atoms with Crippen LogP contribution >= 0.6 is 0 Å². The predicted molar refractivity (Wildman–Crippen MR) is 97.3 cm³/mol. The summed E-state index contributed by atoms with van der Waals surface area (Å²) in [5.74, 6) is -2.75. The second-order valence-corrected chi connectivity index (χ2v) is 6.33. The summed E-state index contributed by atoms with van der Waals surface area (Å²) in [6, 6.07) is 6.82. The maximum atomic E-state index is 12.6. The molecule has 0 saturated carbocycles. The van der Waals surface area contributed by atoms with Crippen molar-refractivity contribution in [2.45, 2.75) is 20.3 Å². The zero-order chi connectivity index (χ0) is 20.6. The maximum Gasteiger partial charge on any atom is 0.332 e. The molecule has 6 N–H and O–H groups in total. The molecule has 10 heteroatoms. The van der Waals surface area contributed by atoms with Crippen molar-refractivity contribution < 1.29 is 19.2 Å². The van der Waals surface area contributed by atoms with E-state index in [1.807, 2.05) is 11.5 Å². The number of rotatable bonds is 8. The third kappa shape index (κ3) is 6.24. The molecule has 0 aromatic heterocycles. The van der Waals surface area contributed by atoms with Gasteiger partial charge in [-0.3, -0.25) is 9.59 Å². The van der Waals surface area contributed by atoms with E-state index in [0.717, 1.165) is 0 Å². The van der Waals surface area contributed by atoms with Crippen molar-refractivity contribution in [3.05, 3.63) is 29.8 Å². The van der Waals surface area contributed by atoms with Gasteiger partial charge in [-0.2, -0.15) is 10.4 Å². The standard InChI is InChI=1S/C17H20N6O4/c1-17(2,9-24)7-10(8-18)13(22-23-16(20)27)15(26)21-12-6-4-3-5-11(12)14(19)25/h3-6,9-10H,7H2,1-2H3,(H2,19,25)(H,21,26)(H3,20,23,27)/b22-13+/t10-/m0/s1. The number of nitrogens with zero attached hydrogens (tertiary/aromatic N) is 2. The van der Waals surface area contributed by atoms with Crippen LogP contribution in [0.15, 0.2) is 29.4 Å². The van der Waals surface area contributed by atoms with Gasteiger partial charge in [0.2, 0.25) is 0 Å². The molecule has 27 heavy (non-hydrogen) atoms. The lowest BCUT2D eigenvalue weighted by atomic mass is 9.82.